The molecule has 0 amide bonds. The molecule has 0 aliphatic heterocycles. The van der Waals surface area contributed by atoms with Gasteiger partial charge in [0.25, 0.3) is 0 Å². The van der Waals surface area contributed by atoms with Gasteiger partial charge >= 0.3 is 19.4 Å². The fourth-order valence-electron chi connectivity index (χ4n) is 4.28. The van der Waals surface area contributed by atoms with E-state index in [4.69, 9.17) is 0 Å². The largest absolute Gasteiger partial charge is 0.477 e. The molecule has 1 aromatic carbocycles. The van der Waals surface area contributed by atoms with Crippen molar-refractivity contribution in [1.82, 2.24) is 0 Å². The minimum Gasteiger partial charge on any atom is -0.424 e. The van der Waals surface area contributed by atoms with Gasteiger partial charge in [-0.3, -0.25) is 4.57 Å². The van der Waals surface area contributed by atoms with Crippen molar-refractivity contribution >= 4 is 7.60 Å². The van der Waals surface area contributed by atoms with E-state index in [2.05, 4.69) is 20.7 Å². The minimum atomic E-state index is -5.68. The highest BCUT2D eigenvalue weighted by atomic mass is 31.2. The fourth-order valence-corrected chi connectivity index (χ4v) is 5.73. The first-order chi connectivity index (χ1) is 15.9. The lowest BCUT2D eigenvalue weighted by atomic mass is 9.77. The highest BCUT2D eigenvalue weighted by Crippen LogP contribution is 2.67. The lowest BCUT2D eigenvalue weighted by Crippen LogP contribution is -2.46. The molecule has 0 atom stereocenters. The van der Waals surface area contributed by atoms with Crippen molar-refractivity contribution in [3.63, 3.8) is 0 Å². The predicted octanol–water partition coefficient (Wildman–Crippen LogP) is 8.65. The predicted molar refractivity (Wildman–Crippen MR) is 117 cm³/mol. The van der Waals surface area contributed by atoms with Crippen molar-refractivity contribution < 1.29 is 44.7 Å². The zero-order chi connectivity index (χ0) is 25.6. The summed E-state index contributed by atoms with van der Waals surface area (Å²) in [5.74, 6) is -4.42. The molecule has 0 bridgehead atoms. The molecule has 4 nitrogen and oxygen atoms in total. The second-order valence-electron chi connectivity index (χ2n) is 8.49. The van der Waals surface area contributed by atoms with Gasteiger partial charge in [0, 0.05) is 0 Å². The Labute approximate surface area is 196 Å². The molecular weight excluding hydrogens is 485 g/mol. The van der Waals surface area contributed by atoms with Gasteiger partial charge < -0.3 is 13.8 Å². The van der Waals surface area contributed by atoms with Crippen LogP contribution in [0.4, 0.5) is 26.3 Å². The second-order valence-corrected chi connectivity index (χ2v) is 10.6. The fraction of sp³-hybridized carbons (Fsp3) is 0.739. The van der Waals surface area contributed by atoms with Gasteiger partial charge in [-0.1, -0.05) is 38.7 Å². The molecule has 0 radical (unpaired) electrons. The Bertz CT molecular complexity index is 833. The van der Waals surface area contributed by atoms with Gasteiger partial charge in [-0.2, -0.15) is 22.0 Å². The molecule has 1 aromatic rings. The normalized spacial score (nSPS) is 19.9. The highest BCUT2D eigenvalue weighted by Gasteiger charge is 2.73. The van der Waals surface area contributed by atoms with Gasteiger partial charge in [-0.15, -0.1) is 0 Å². The molecule has 34 heavy (non-hydrogen) atoms. The monoisotopic (exact) mass is 518 g/mol. The Balaban J connectivity index is 2.18. The smallest absolute Gasteiger partial charge is 0.424 e. The van der Waals surface area contributed by atoms with Gasteiger partial charge in [0.05, 0.1) is 13.2 Å². The van der Waals surface area contributed by atoms with Crippen LogP contribution >= 0.6 is 7.60 Å². The number of benzene rings is 1. The summed E-state index contributed by atoms with van der Waals surface area (Å²) in [6.45, 7) is 3.22. The van der Waals surface area contributed by atoms with Crippen molar-refractivity contribution in [2.75, 3.05) is 13.2 Å². The van der Waals surface area contributed by atoms with Crippen LogP contribution in [0.5, 0.6) is 5.75 Å². The zero-order valence-electron chi connectivity index (χ0n) is 19.7. The van der Waals surface area contributed by atoms with E-state index >= 15 is 0 Å². The number of hydrogen-bond donors (Lipinski definition) is 0. The molecule has 1 aliphatic carbocycles. The lowest BCUT2D eigenvalue weighted by molar-refractivity contribution is -0.281. The average Bonchev–Trinajstić information content (AvgIpc) is 2.78. The molecule has 1 aliphatic rings. The Morgan fingerprint density at radius 1 is 0.912 bits per heavy atom. The van der Waals surface area contributed by atoms with Gasteiger partial charge in [0.1, 0.15) is 0 Å². The molecule has 2 rings (SSSR count). The third kappa shape index (κ3) is 6.30. The first-order valence-electron chi connectivity index (χ1n) is 11.8. The van der Waals surface area contributed by atoms with Crippen LogP contribution in [0, 0.1) is 17.6 Å². The van der Waals surface area contributed by atoms with Crippen LogP contribution in [0.1, 0.15) is 83.6 Å². The molecule has 0 aromatic heterocycles. The Morgan fingerprint density at radius 2 is 1.50 bits per heavy atom. The van der Waals surface area contributed by atoms with Crippen molar-refractivity contribution in [3.05, 3.63) is 29.3 Å². The van der Waals surface area contributed by atoms with E-state index in [0.29, 0.717) is 24.8 Å². The number of hydrogen-bond acceptors (Lipinski definition) is 4. The summed E-state index contributed by atoms with van der Waals surface area (Å²) in [6.07, 6.45) is 1.91. The zero-order valence-corrected chi connectivity index (χ0v) is 20.6. The van der Waals surface area contributed by atoms with Crippen LogP contribution in [0.25, 0.3) is 0 Å². The standard InChI is InChI=1S/C23H33F6O4P/c1-4-7-8-9-16-10-12-17(13-11-16)18-14-15-19(21(25)20(18)24)33-22(26,27)23(28,29)34(30,31-5-2)32-6-3/h14-17H,4-13H2,1-3H3. The first-order valence-corrected chi connectivity index (χ1v) is 13.3. The van der Waals surface area contributed by atoms with E-state index < -0.39 is 50.0 Å². The van der Waals surface area contributed by atoms with E-state index in [1.54, 1.807) is 0 Å². The average molecular weight is 518 g/mol. The van der Waals surface area contributed by atoms with Crippen molar-refractivity contribution in [2.24, 2.45) is 5.92 Å². The summed E-state index contributed by atoms with van der Waals surface area (Å²) >= 11 is 0. The van der Waals surface area contributed by atoms with Crippen molar-refractivity contribution in [2.45, 2.75) is 89.8 Å². The minimum absolute atomic E-state index is 0.00115. The summed E-state index contributed by atoms with van der Waals surface area (Å²) < 4.78 is 112. The maximum atomic E-state index is 14.7. The number of unbranched alkanes of at least 4 members (excludes halogenated alkanes) is 2. The van der Waals surface area contributed by atoms with E-state index in [1.807, 2.05) is 0 Å². The van der Waals surface area contributed by atoms with Crippen LogP contribution in [0.3, 0.4) is 0 Å². The van der Waals surface area contributed by atoms with Crippen LogP contribution in [0.2, 0.25) is 0 Å². The molecule has 0 N–H and O–H groups in total. The lowest BCUT2D eigenvalue weighted by Gasteiger charge is -2.31. The summed E-state index contributed by atoms with van der Waals surface area (Å²) in [7, 11) is -5.68. The molecule has 0 saturated heterocycles. The molecule has 0 spiro atoms. The van der Waals surface area contributed by atoms with E-state index in [-0.39, 0.29) is 11.5 Å². The van der Waals surface area contributed by atoms with Crippen LogP contribution in [-0.4, -0.2) is 25.0 Å². The Kier molecular flexibility index (Phi) is 10.3. The molecule has 0 unspecified atom stereocenters. The van der Waals surface area contributed by atoms with Crippen LogP contribution in [-0.2, 0) is 13.6 Å². The third-order valence-electron chi connectivity index (χ3n) is 6.11. The Morgan fingerprint density at radius 3 is 2.03 bits per heavy atom. The van der Waals surface area contributed by atoms with Gasteiger partial charge in [-0.25, -0.2) is 4.39 Å². The van der Waals surface area contributed by atoms with Crippen molar-refractivity contribution in [3.8, 4) is 5.75 Å². The number of alkyl halides is 4. The van der Waals surface area contributed by atoms with Crippen LogP contribution in [0.15, 0.2) is 12.1 Å². The first kappa shape index (κ1) is 29.0. The van der Waals surface area contributed by atoms with Gasteiger partial charge in [0.15, 0.2) is 11.6 Å². The van der Waals surface area contributed by atoms with E-state index in [9.17, 15) is 30.9 Å². The van der Waals surface area contributed by atoms with Crippen molar-refractivity contribution in [1.29, 1.82) is 0 Å². The number of rotatable bonds is 13. The maximum Gasteiger partial charge on any atom is 0.477 e. The molecule has 11 heteroatoms. The quantitative estimate of drug-likeness (QED) is 0.149. The topological polar surface area (TPSA) is 44.8 Å². The molecule has 0 heterocycles. The molecular formula is C23H33F6O4P. The highest BCUT2D eigenvalue weighted by molar-refractivity contribution is 7.55. The third-order valence-corrected chi connectivity index (χ3v) is 8.25. The second kappa shape index (κ2) is 12.1. The molecule has 1 saturated carbocycles. The Hall–Kier alpha value is -1.25. The molecule has 1 fully saturated rings. The summed E-state index contributed by atoms with van der Waals surface area (Å²) in [6, 6.07) is 1.77. The number of halogens is 6. The summed E-state index contributed by atoms with van der Waals surface area (Å²) in [4.78, 5) is 0. The summed E-state index contributed by atoms with van der Waals surface area (Å²) in [5.41, 5.74) is -5.45. The van der Waals surface area contributed by atoms with Gasteiger partial charge in [0.2, 0.25) is 5.82 Å². The van der Waals surface area contributed by atoms with E-state index in [1.165, 1.54) is 0 Å². The summed E-state index contributed by atoms with van der Waals surface area (Å²) in [5, 5.41) is 0. The number of ether oxygens (including phenoxy) is 1. The van der Waals surface area contributed by atoms with E-state index in [0.717, 1.165) is 58.4 Å². The maximum absolute atomic E-state index is 14.7. The SMILES string of the molecule is CCCCCC1CCC(c2ccc(OC(F)(F)C(F)(F)P(=O)(OCC)OCC)c(F)c2F)CC1. The van der Waals surface area contributed by atoms with Crippen LogP contribution < -0.4 is 4.74 Å². The van der Waals surface area contributed by atoms with Gasteiger partial charge in [-0.05, 0) is 63.0 Å². The molecule has 196 valence electrons.